The predicted octanol–water partition coefficient (Wildman–Crippen LogP) is 3.43. The molecule has 1 aliphatic heterocycles. The third kappa shape index (κ3) is 3.83. The third-order valence-corrected chi connectivity index (χ3v) is 5.10. The fourth-order valence-corrected chi connectivity index (χ4v) is 3.59. The maximum absolute atomic E-state index is 14.3. The highest BCUT2D eigenvalue weighted by Gasteiger charge is 2.32. The second kappa shape index (κ2) is 8.08. The molecule has 1 aromatic carbocycles. The number of carbonyl (C=O) groups excluding carboxylic acids is 2. The summed E-state index contributed by atoms with van der Waals surface area (Å²) in [7, 11) is 0. The minimum absolute atomic E-state index is 0.0181. The lowest BCUT2D eigenvalue weighted by atomic mass is 9.95. The van der Waals surface area contributed by atoms with Gasteiger partial charge in [-0.25, -0.2) is 4.39 Å². The fraction of sp³-hybridized carbons (Fsp3) is 0.421. The van der Waals surface area contributed by atoms with Gasteiger partial charge in [0.05, 0.1) is 10.6 Å². The van der Waals surface area contributed by atoms with Crippen molar-refractivity contribution in [2.75, 3.05) is 19.6 Å². The molecule has 0 spiro atoms. The summed E-state index contributed by atoms with van der Waals surface area (Å²) in [6, 6.07) is 4.29. The molecule has 2 heterocycles. The smallest absolute Gasteiger partial charge is 0.259 e. The fourth-order valence-electron chi connectivity index (χ4n) is 3.34. The number of nitrogens with one attached hydrogen (secondary N) is 1. The molecule has 1 N–H and O–H groups in total. The first-order valence-electron chi connectivity index (χ1n) is 8.91. The SMILES string of the molecule is CCNC(=O)C1CCN(C(=O)c2c(-c3c(F)cccc3Cl)noc2C)CC1. The molecule has 0 radical (unpaired) electrons. The summed E-state index contributed by atoms with van der Waals surface area (Å²) in [4.78, 5) is 26.7. The maximum Gasteiger partial charge on any atom is 0.259 e. The normalized spacial score (nSPS) is 15.0. The Labute approximate surface area is 161 Å². The van der Waals surface area contributed by atoms with Crippen LogP contribution in [0.1, 0.15) is 35.9 Å². The number of halogens is 2. The summed E-state index contributed by atoms with van der Waals surface area (Å²) in [6.07, 6.45) is 1.16. The molecule has 0 atom stereocenters. The van der Waals surface area contributed by atoms with Crippen LogP contribution in [0.5, 0.6) is 0 Å². The van der Waals surface area contributed by atoms with Crippen LogP contribution >= 0.6 is 11.6 Å². The first-order valence-corrected chi connectivity index (χ1v) is 9.29. The van der Waals surface area contributed by atoms with E-state index in [0.29, 0.717) is 38.2 Å². The lowest BCUT2D eigenvalue weighted by molar-refractivity contribution is -0.126. The minimum Gasteiger partial charge on any atom is -0.360 e. The molecule has 0 unspecified atom stereocenters. The van der Waals surface area contributed by atoms with E-state index in [9.17, 15) is 14.0 Å². The third-order valence-electron chi connectivity index (χ3n) is 4.78. The molecular weight excluding hydrogens is 373 g/mol. The molecule has 0 bridgehead atoms. The lowest BCUT2D eigenvalue weighted by Crippen LogP contribution is -2.43. The molecule has 144 valence electrons. The number of hydrogen-bond acceptors (Lipinski definition) is 4. The number of hydrogen-bond donors (Lipinski definition) is 1. The zero-order valence-corrected chi connectivity index (χ0v) is 16.0. The van der Waals surface area contributed by atoms with Crippen LogP contribution in [0.15, 0.2) is 22.7 Å². The van der Waals surface area contributed by atoms with Crippen molar-refractivity contribution in [2.45, 2.75) is 26.7 Å². The van der Waals surface area contributed by atoms with Crippen LogP contribution < -0.4 is 5.32 Å². The van der Waals surface area contributed by atoms with Gasteiger partial charge in [-0.05, 0) is 38.8 Å². The minimum atomic E-state index is -0.570. The average Bonchev–Trinajstić information content (AvgIpc) is 3.02. The van der Waals surface area contributed by atoms with Crippen molar-refractivity contribution in [1.82, 2.24) is 15.4 Å². The van der Waals surface area contributed by atoms with E-state index in [1.54, 1.807) is 11.8 Å². The van der Waals surface area contributed by atoms with Crippen molar-refractivity contribution < 1.29 is 18.5 Å². The summed E-state index contributed by atoms with van der Waals surface area (Å²) in [5.74, 6) is -0.639. The molecule has 1 saturated heterocycles. The van der Waals surface area contributed by atoms with Crippen LogP contribution in [0.3, 0.4) is 0 Å². The number of nitrogens with zero attached hydrogens (tertiary/aromatic N) is 2. The van der Waals surface area contributed by atoms with Crippen molar-refractivity contribution in [3.8, 4) is 11.3 Å². The molecule has 0 aliphatic carbocycles. The Balaban J connectivity index is 1.83. The zero-order chi connectivity index (χ0) is 19.6. The van der Waals surface area contributed by atoms with Crippen molar-refractivity contribution in [2.24, 2.45) is 5.92 Å². The first-order chi connectivity index (χ1) is 12.9. The largest absolute Gasteiger partial charge is 0.360 e. The Morgan fingerprint density at radius 1 is 1.37 bits per heavy atom. The van der Waals surface area contributed by atoms with Gasteiger partial charge in [0.15, 0.2) is 0 Å². The molecule has 1 aliphatic rings. The van der Waals surface area contributed by atoms with E-state index < -0.39 is 5.82 Å². The highest BCUT2D eigenvalue weighted by molar-refractivity contribution is 6.33. The summed E-state index contributed by atoms with van der Waals surface area (Å²) in [5.41, 5.74) is 0.362. The Kier molecular flexibility index (Phi) is 5.79. The Bertz CT molecular complexity index is 840. The van der Waals surface area contributed by atoms with Crippen molar-refractivity contribution in [1.29, 1.82) is 0 Å². The number of aryl methyl sites for hydroxylation is 1. The van der Waals surface area contributed by atoms with Crippen LogP contribution in [0.2, 0.25) is 5.02 Å². The first kappa shape index (κ1) is 19.4. The average molecular weight is 394 g/mol. The van der Waals surface area contributed by atoms with Gasteiger partial charge in [0.25, 0.3) is 5.91 Å². The molecular formula is C19H21ClFN3O3. The lowest BCUT2D eigenvalue weighted by Gasteiger charge is -2.31. The standard InChI is InChI=1S/C19H21ClFN3O3/c1-3-22-18(25)12-7-9-24(10-8-12)19(26)15-11(2)27-23-17(15)16-13(20)5-4-6-14(16)21/h4-6,12H,3,7-10H2,1-2H3,(H,22,25). The Morgan fingerprint density at radius 2 is 2.07 bits per heavy atom. The second-order valence-corrected chi connectivity index (χ2v) is 6.93. The maximum atomic E-state index is 14.3. The topological polar surface area (TPSA) is 75.4 Å². The number of aromatic nitrogens is 1. The van der Waals surface area contributed by atoms with E-state index in [1.165, 1.54) is 18.2 Å². The van der Waals surface area contributed by atoms with E-state index in [1.807, 2.05) is 6.92 Å². The highest BCUT2D eigenvalue weighted by Crippen LogP contribution is 2.34. The van der Waals surface area contributed by atoms with Crippen LogP contribution in [-0.2, 0) is 4.79 Å². The molecule has 27 heavy (non-hydrogen) atoms. The number of carbonyl (C=O) groups is 2. The number of rotatable bonds is 4. The second-order valence-electron chi connectivity index (χ2n) is 6.52. The summed E-state index contributed by atoms with van der Waals surface area (Å²) < 4.78 is 19.5. The van der Waals surface area contributed by atoms with Crippen LogP contribution in [0, 0.1) is 18.7 Å². The zero-order valence-electron chi connectivity index (χ0n) is 15.2. The van der Waals surface area contributed by atoms with Gasteiger partial charge in [0.1, 0.15) is 22.8 Å². The van der Waals surface area contributed by atoms with Gasteiger partial charge in [-0.1, -0.05) is 22.8 Å². The molecule has 2 aromatic rings. The van der Waals surface area contributed by atoms with Crippen LogP contribution in [0.25, 0.3) is 11.3 Å². The van der Waals surface area contributed by atoms with Gasteiger partial charge >= 0.3 is 0 Å². The van der Waals surface area contributed by atoms with Gasteiger partial charge in [-0.2, -0.15) is 0 Å². The van der Waals surface area contributed by atoms with E-state index in [0.717, 1.165) is 0 Å². The molecule has 2 amide bonds. The molecule has 6 nitrogen and oxygen atoms in total. The Hall–Kier alpha value is -2.41. The van der Waals surface area contributed by atoms with Crippen molar-refractivity contribution >= 4 is 23.4 Å². The van der Waals surface area contributed by atoms with Gasteiger partial charge < -0.3 is 14.7 Å². The number of amides is 2. The van der Waals surface area contributed by atoms with Gasteiger partial charge in [0.2, 0.25) is 5.91 Å². The van der Waals surface area contributed by atoms with Crippen molar-refractivity contribution in [3.05, 3.63) is 40.4 Å². The van der Waals surface area contributed by atoms with Gasteiger partial charge in [-0.3, -0.25) is 9.59 Å². The highest BCUT2D eigenvalue weighted by atomic mass is 35.5. The van der Waals surface area contributed by atoms with Crippen molar-refractivity contribution in [3.63, 3.8) is 0 Å². The quantitative estimate of drug-likeness (QED) is 0.863. The molecule has 8 heteroatoms. The molecule has 1 aromatic heterocycles. The van der Waals surface area contributed by atoms with E-state index >= 15 is 0 Å². The molecule has 0 saturated carbocycles. The predicted molar refractivity (Wildman–Crippen MR) is 99.0 cm³/mol. The van der Waals surface area contributed by atoms with Gasteiger partial charge in [-0.15, -0.1) is 0 Å². The number of likely N-dealkylation sites (tertiary alicyclic amines) is 1. The summed E-state index contributed by atoms with van der Waals surface area (Å²) >= 11 is 6.13. The van der Waals surface area contributed by atoms with E-state index in [4.69, 9.17) is 16.1 Å². The Morgan fingerprint density at radius 3 is 2.70 bits per heavy atom. The van der Waals surface area contributed by atoms with E-state index in [-0.39, 0.29) is 39.6 Å². The van der Waals surface area contributed by atoms with Crippen LogP contribution in [0.4, 0.5) is 4.39 Å². The monoisotopic (exact) mass is 393 g/mol. The number of benzene rings is 1. The van der Waals surface area contributed by atoms with E-state index in [2.05, 4.69) is 10.5 Å². The van der Waals surface area contributed by atoms with Gasteiger partial charge in [0, 0.05) is 25.6 Å². The number of piperidine rings is 1. The summed E-state index contributed by atoms with van der Waals surface area (Å²) in [6.45, 7) is 4.95. The molecule has 1 fully saturated rings. The summed E-state index contributed by atoms with van der Waals surface area (Å²) in [5, 5.41) is 6.85. The molecule has 3 rings (SSSR count). The van der Waals surface area contributed by atoms with Crippen LogP contribution in [-0.4, -0.2) is 41.5 Å².